The van der Waals surface area contributed by atoms with Crippen LogP contribution in [0.3, 0.4) is 0 Å². The molecule has 5 heterocycles. The van der Waals surface area contributed by atoms with Gasteiger partial charge in [-0.1, -0.05) is 55.8 Å². The van der Waals surface area contributed by atoms with Crippen molar-refractivity contribution >= 4 is 40.2 Å². The molecule has 10 nitrogen and oxygen atoms in total. The van der Waals surface area contributed by atoms with Crippen molar-refractivity contribution < 1.29 is 14.4 Å². The molecule has 4 aromatic heterocycles. The SMILES string of the molecule is CC(C)C(NC(=O)c1cc2ccccc2[nH]1)C(=O)NCC1CCCN1C(=O)c1ccc(-c2cccc(-c3cccc(Cl)n3)n2)cn1. The molecule has 1 saturated heterocycles. The summed E-state index contributed by atoms with van der Waals surface area (Å²) in [6, 6.07) is 23.0. The number of carbonyl (C=O) groups is 3. The monoisotopic (exact) mass is 635 g/mol. The number of nitrogens with zero attached hydrogens (tertiary/aromatic N) is 4. The van der Waals surface area contributed by atoms with Crippen molar-refractivity contribution in [3.63, 3.8) is 0 Å². The van der Waals surface area contributed by atoms with Crippen molar-refractivity contribution in [2.45, 2.75) is 38.8 Å². The Balaban J connectivity index is 1.08. The Bertz CT molecular complexity index is 1860. The van der Waals surface area contributed by atoms with Gasteiger partial charge in [-0.15, -0.1) is 0 Å². The highest BCUT2D eigenvalue weighted by Gasteiger charge is 2.32. The third-order valence-electron chi connectivity index (χ3n) is 8.17. The number of para-hydroxylation sites is 1. The first-order valence-corrected chi connectivity index (χ1v) is 15.7. The lowest BCUT2D eigenvalue weighted by molar-refractivity contribution is -0.124. The number of benzene rings is 1. The summed E-state index contributed by atoms with van der Waals surface area (Å²) in [4.78, 5) is 58.1. The number of fused-ring (bicyclic) bond motifs is 1. The topological polar surface area (TPSA) is 133 Å². The Hall–Kier alpha value is -5.09. The van der Waals surface area contributed by atoms with Crippen LogP contribution in [-0.4, -0.2) is 67.7 Å². The van der Waals surface area contributed by atoms with Crippen LogP contribution in [0.2, 0.25) is 5.15 Å². The molecule has 11 heteroatoms. The molecule has 0 bridgehead atoms. The number of aromatic amines is 1. The van der Waals surface area contributed by atoms with E-state index in [1.54, 1.807) is 29.3 Å². The molecule has 234 valence electrons. The fourth-order valence-corrected chi connectivity index (χ4v) is 5.87. The number of H-pyrrole nitrogens is 1. The number of rotatable bonds is 9. The van der Waals surface area contributed by atoms with Gasteiger partial charge in [0.1, 0.15) is 22.6 Å². The number of carbonyl (C=O) groups excluding carboxylic acids is 3. The summed E-state index contributed by atoms with van der Waals surface area (Å²) in [5, 5.41) is 7.17. The Labute approximate surface area is 271 Å². The van der Waals surface area contributed by atoms with Crippen molar-refractivity contribution in [2.24, 2.45) is 5.92 Å². The van der Waals surface area contributed by atoms with Gasteiger partial charge in [-0.2, -0.15) is 0 Å². The van der Waals surface area contributed by atoms with Crippen LogP contribution in [0.25, 0.3) is 33.5 Å². The minimum atomic E-state index is -0.736. The maximum Gasteiger partial charge on any atom is 0.272 e. The minimum absolute atomic E-state index is 0.144. The molecule has 0 radical (unpaired) electrons. The number of hydrogen-bond acceptors (Lipinski definition) is 6. The molecule has 46 heavy (non-hydrogen) atoms. The van der Waals surface area contributed by atoms with Gasteiger partial charge in [0.2, 0.25) is 5.91 Å². The lowest BCUT2D eigenvalue weighted by atomic mass is 10.0. The number of hydrogen-bond donors (Lipinski definition) is 3. The van der Waals surface area contributed by atoms with Gasteiger partial charge in [-0.3, -0.25) is 19.4 Å². The molecular weight excluding hydrogens is 602 g/mol. The summed E-state index contributed by atoms with van der Waals surface area (Å²) in [6.45, 7) is 4.62. The highest BCUT2D eigenvalue weighted by molar-refractivity contribution is 6.29. The maximum absolute atomic E-state index is 13.5. The summed E-state index contributed by atoms with van der Waals surface area (Å²) in [5.74, 6) is -0.973. The Morgan fingerprint density at radius 1 is 0.957 bits per heavy atom. The van der Waals surface area contributed by atoms with Gasteiger partial charge in [0.05, 0.1) is 17.1 Å². The molecular formula is C35H34ClN7O3. The van der Waals surface area contributed by atoms with Crippen molar-refractivity contribution in [3.05, 3.63) is 102 Å². The Morgan fingerprint density at radius 3 is 2.46 bits per heavy atom. The highest BCUT2D eigenvalue weighted by atomic mass is 35.5. The van der Waals surface area contributed by atoms with Crippen molar-refractivity contribution in [3.8, 4) is 22.6 Å². The molecule has 1 aromatic carbocycles. The van der Waals surface area contributed by atoms with Crippen LogP contribution >= 0.6 is 11.6 Å². The third kappa shape index (κ3) is 6.77. The van der Waals surface area contributed by atoms with Gasteiger partial charge in [-0.05, 0) is 67.3 Å². The normalized spacial score (nSPS) is 15.2. The zero-order valence-electron chi connectivity index (χ0n) is 25.5. The summed E-state index contributed by atoms with van der Waals surface area (Å²) < 4.78 is 0. The predicted octanol–water partition coefficient (Wildman–Crippen LogP) is 5.52. The van der Waals surface area contributed by atoms with E-state index in [9.17, 15) is 14.4 Å². The second-order valence-corrected chi connectivity index (χ2v) is 12.1. The van der Waals surface area contributed by atoms with E-state index >= 15 is 0 Å². The number of likely N-dealkylation sites (tertiary alicyclic amines) is 1. The van der Waals surface area contributed by atoms with E-state index in [-0.39, 0.29) is 36.2 Å². The van der Waals surface area contributed by atoms with Gasteiger partial charge in [0.15, 0.2) is 0 Å². The van der Waals surface area contributed by atoms with Crippen LogP contribution in [0.5, 0.6) is 0 Å². The number of aromatic nitrogens is 4. The molecule has 2 atom stereocenters. The second-order valence-electron chi connectivity index (χ2n) is 11.7. The predicted molar refractivity (Wildman–Crippen MR) is 177 cm³/mol. The van der Waals surface area contributed by atoms with Crippen LogP contribution in [0, 0.1) is 5.92 Å². The lowest BCUT2D eigenvalue weighted by Gasteiger charge is -2.27. The summed E-state index contributed by atoms with van der Waals surface area (Å²) in [5.41, 5.74) is 4.37. The van der Waals surface area contributed by atoms with E-state index in [1.165, 1.54) is 0 Å². The number of nitrogens with one attached hydrogen (secondary N) is 3. The maximum atomic E-state index is 13.5. The largest absolute Gasteiger partial charge is 0.352 e. The van der Waals surface area contributed by atoms with Crippen LogP contribution in [-0.2, 0) is 4.79 Å². The summed E-state index contributed by atoms with van der Waals surface area (Å²) in [6.07, 6.45) is 3.22. The molecule has 1 aliphatic heterocycles. The molecule has 1 fully saturated rings. The first-order chi connectivity index (χ1) is 22.3. The third-order valence-corrected chi connectivity index (χ3v) is 8.38. The van der Waals surface area contributed by atoms with Crippen LogP contribution in [0.1, 0.15) is 47.7 Å². The fraction of sp³-hybridized carbons (Fsp3) is 0.257. The molecule has 5 aromatic rings. The van der Waals surface area contributed by atoms with E-state index in [0.29, 0.717) is 40.2 Å². The molecule has 3 N–H and O–H groups in total. The quantitative estimate of drug-likeness (QED) is 0.183. The number of halogens is 1. The van der Waals surface area contributed by atoms with Crippen molar-refractivity contribution in [1.29, 1.82) is 0 Å². The lowest BCUT2D eigenvalue weighted by Crippen LogP contribution is -2.52. The van der Waals surface area contributed by atoms with E-state index in [4.69, 9.17) is 16.6 Å². The average molecular weight is 636 g/mol. The molecule has 0 saturated carbocycles. The zero-order chi connectivity index (χ0) is 32.2. The molecule has 0 spiro atoms. The highest BCUT2D eigenvalue weighted by Crippen LogP contribution is 2.24. The van der Waals surface area contributed by atoms with Crippen LogP contribution in [0.4, 0.5) is 0 Å². The molecule has 1 aliphatic rings. The average Bonchev–Trinajstić information content (AvgIpc) is 3.73. The zero-order valence-corrected chi connectivity index (χ0v) is 26.3. The van der Waals surface area contributed by atoms with Gasteiger partial charge >= 0.3 is 0 Å². The standard InChI is InChI=1S/C35H34ClN7O3/c1-21(2)32(42-33(44)30-18-22-8-3-4-10-25(22)40-30)34(45)38-20-24-9-7-17-43(24)35(46)29-16-15-23(19-37-29)26-11-5-12-27(39-26)28-13-6-14-31(36)41-28/h3-6,8,10-16,18-19,21,24,32,40H,7,9,17,20H2,1-2H3,(H,38,45)(H,42,44). The van der Waals surface area contributed by atoms with Crippen LogP contribution in [0.15, 0.2) is 85.1 Å². The van der Waals surface area contributed by atoms with Gasteiger partial charge in [0.25, 0.3) is 11.8 Å². The minimum Gasteiger partial charge on any atom is -0.352 e. The summed E-state index contributed by atoms with van der Waals surface area (Å²) >= 11 is 6.05. The first kappa shape index (κ1) is 30.9. The van der Waals surface area contributed by atoms with E-state index in [0.717, 1.165) is 29.3 Å². The van der Waals surface area contributed by atoms with Gasteiger partial charge < -0.3 is 20.5 Å². The number of pyridine rings is 3. The molecule has 2 unspecified atom stereocenters. The van der Waals surface area contributed by atoms with Gasteiger partial charge in [0, 0.05) is 41.8 Å². The van der Waals surface area contributed by atoms with E-state index in [2.05, 4.69) is 25.6 Å². The fourth-order valence-electron chi connectivity index (χ4n) is 5.70. The van der Waals surface area contributed by atoms with Crippen molar-refractivity contribution in [2.75, 3.05) is 13.1 Å². The molecule has 3 amide bonds. The second kappa shape index (κ2) is 13.5. The molecule has 6 rings (SSSR count). The van der Waals surface area contributed by atoms with Crippen molar-refractivity contribution in [1.82, 2.24) is 35.5 Å². The Morgan fingerprint density at radius 2 is 1.72 bits per heavy atom. The molecule has 0 aliphatic carbocycles. The van der Waals surface area contributed by atoms with Gasteiger partial charge in [-0.25, -0.2) is 9.97 Å². The van der Waals surface area contributed by atoms with E-state index < -0.39 is 6.04 Å². The smallest absolute Gasteiger partial charge is 0.272 e. The first-order valence-electron chi connectivity index (χ1n) is 15.3. The Kier molecular flexibility index (Phi) is 9.07. The van der Waals surface area contributed by atoms with Crippen LogP contribution < -0.4 is 10.6 Å². The summed E-state index contributed by atoms with van der Waals surface area (Å²) in [7, 11) is 0. The number of amides is 3. The van der Waals surface area contributed by atoms with E-state index in [1.807, 2.05) is 74.5 Å².